The Bertz CT molecular complexity index is 7630. The molecule has 0 spiro atoms. The predicted molar refractivity (Wildman–Crippen MR) is 551 cm³/mol. The first kappa shape index (κ1) is 86.0. The Hall–Kier alpha value is -13.1. The van der Waals surface area contributed by atoms with E-state index < -0.39 is 25.0 Å². The van der Waals surface area contributed by atoms with E-state index in [2.05, 4.69) is 335 Å². The van der Waals surface area contributed by atoms with Gasteiger partial charge in [-0.2, -0.15) is 0 Å². The topological polar surface area (TPSA) is 49.1 Å². The predicted octanol–water partition coefficient (Wildman–Crippen LogP) is 27.9. The Morgan fingerprint density at radius 1 is 0.290 bits per heavy atom. The molecule has 6 heterocycles. The van der Waals surface area contributed by atoms with Crippen LogP contribution in [0.5, 0.6) is 0 Å². The summed E-state index contributed by atoms with van der Waals surface area (Å²) >= 11 is 0. The lowest BCUT2D eigenvalue weighted by molar-refractivity contribution is -0.662. The molecule has 0 radical (unpaired) electrons. The fourth-order valence-electron chi connectivity index (χ4n) is 18.5. The lowest BCUT2D eigenvalue weighted by Gasteiger charge is -2.13. The molecule has 0 fully saturated rings. The molecule has 0 saturated heterocycles. The molecule has 0 saturated carbocycles. The number of aromatic nitrogens is 8. The summed E-state index contributed by atoms with van der Waals surface area (Å²) in [6.45, 7) is 44.9. The molecule has 0 aliphatic rings. The van der Waals surface area contributed by atoms with Crippen molar-refractivity contribution in [2.24, 2.45) is 48.2 Å². The van der Waals surface area contributed by atoms with E-state index in [1.807, 2.05) is 147 Å². The smallest absolute Gasteiger partial charge is 0.232 e. The lowest BCUT2D eigenvalue weighted by atomic mass is 9.93. The van der Waals surface area contributed by atoms with Crippen molar-refractivity contribution in [2.75, 3.05) is 0 Å². The van der Waals surface area contributed by atoms with Crippen LogP contribution < -0.4 is 27.4 Å². The number of hydrogen-bond donors (Lipinski definition) is 0. The van der Waals surface area contributed by atoms with Gasteiger partial charge < -0.3 is 0 Å². The van der Waals surface area contributed by atoms with Gasteiger partial charge in [0.15, 0.2) is 35.8 Å². The molecular formula is C122H137FN8+6. The van der Waals surface area contributed by atoms with Gasteiger partial charge in [-0.05, 0) is 354 Å². The van der Waals surface area contributed by atoms with Crippen LogP contribution in [0, 0.1) is 136 Å². The summed E-state index contributed by atoms with van der Waals surface area (Å²) in [4.78, 5) is 8.95. The molecule has 0 aliphatic heterocycles. The van der Waals surface area contributed by atoms with E-state index in [-0.39, 0.29) is 11.7 Å². The zero-order chi connectivity index (χ0) is 101. The Balaban J connectivity index is 0.000000140. The number of benzene rings is 12. The quantitative estimate of drug-likeness (QED) is 0.128. The largest absolute Gasteiger partial charge is 0.287 e. The van der Waals surface area contributed by atoms with Crippen molar-refractivity contribution in [1.29, 1.82) is 0 Å². The Morgan fingerprint density at radius 2 is 0.588 bits per heavy atom. The maximum absolute atomic E-state index is 14.1. The van der Waals surface area contributed by atoms with Gasteiger partial charge in [0.1, 0.15) is 45.4 Å². The van der Waals surface area contributed by atoms with Crippen LogP contribution >= 0.6 is 0 Å². The highest BCUT2D eigenvalue weighted by atomic mass is 19.1. The highest BCUT2D eigenvalue weighted by Crippen LogP contribution is 2.39. The minimum absolute atomic E-state index is 0.0686. The van der Waals surface area contributed by atoms with Gasteiger partial charge in [-0.25, -0.2) is 31.8 Å². The van der Waals surface area contributed by atoms with Gasteiger partial charge in [-0.15, -0.1) is 0 Å². The highest BCUT2D eigenvalue weighted by molar-refractivity contribution is 5.99. The zero-order valence-corrected chi connectivity index (χ0v) is 82.8. The second kappa shape index (κ2) is 40.5. The third-order valence-corrected chi connectivity index (χ3v) is 26.3. The van der Waals surface area contributed by atoms with E-state index in [9.17, 15) is 4.39 Å². The van der Waals surface area contributed by atoms with Crippen molar-refractivity contribution in [3.63, 3.8) is 0 Å². The van der Waals surface area contributed by atoms with Crippen LogP contribution in [0.1, 0.15) is 180 Å². The molecule has 18 rings (SSSR count). The number of fused-ring (bicyclic) bond motifs is 6. The molecule has 131 heavy (non-hydrogen) atoms. The molecular weight excluding hydrogens is 1600 g/mol. The maximum Gasteiger partial charge on any atom is 0.287 e. The van der Waals surface area contributed by atoms with Crippen molar-refractivity contribution in [1.82, 2.24) is 9.97 Å². The summed E-state index contributed by atoms with van der Waals surface area (Å²) in [5.41, 5.74) is 40.7. The first-order chi connectivity index (χ1) is 64.9. The van der Waals surface area contributed by atoms with Crippen LogP contribution in [0.4, 0.5) is 4.39 Å². The van der Waals surface area contributed by atoms with E-state index in [1.54, 1.807) is 6.07 Å². The number of pyridine rings is 4. The normalized spacial score (nSPS) is 12.8. The lowest BCUT2D eigenvalue weighted by Crippen LogP contribution is -2.32. The van der Waals surface area contributed by atoms with Gasteiger partial charge in [0.05, 0.1) is 68.7 Å². The third-order valence-electron chi connectivity index (χ3n) is 26.3. The monoisotopic (exact) mass is 1740 g/mol. The molecule has 0 N–H and O–H groups in total. The molecule has 0 aliphatic carbocycles. The van der Waals surface area contributed by atoms with Crippen LogP contribution in [-0.4, -0.2) is 9.97 Å². The second-order valence-corrected chi connectivity index (χ2v) is 37.0. The fourth-order valence-corrected chi connectivity index (χ4v) is 18.5. The van der Waals surface area contributed by atoms with Gasteiger partial charge in [0.25, 0.3) is 12.7 Å². The highest BCUT2D eigenvalue weighted by Gasteiger charge is 2.27. The fraction of sp³-hybridized carbons (Fsp3) is 0.279. The summed E-state index contributed by atoms with van der Waals surface area (Å²) < 4.78 is 83.5. The van der Waals surface area contributed by atoms with Crippen LogP contribution in [0.25, 0.3) is 132 Å². The molecule has 8 nitrogen and oxygen atoms in total. The molecule has 1 unspecified atom stereocenters. The van der Waals surface area contributed by atoms with Crippen molar-refractivity contribution >= 4 is 64.9 Å². The Labute approximate surface area is 790 Å². The molecule has 1 atom stereocenters. The van der Waals surface area contributed by atoms with Crippen molar-refractivity contribution in [2.45, 2.75) is 184 Å². The molecule has 12 aromatic carbocycles. The van der Waals surface area contributed by atoms with Crippen molar-refractivity contribution in [3.8, 4) is 67.5 Å². The zero-order valence-electron chi connectivity index (χ0n) is 89.8. The van der Waals surface area contributed by atoms with Gasteiger partial charge >= 0.3 is 0 Å². The number of hydrogen-bond acceptors (Lipinski definition) is 2. The van der Waals surface area contributed by atoms with Crippen LogP contribution in [0.3, 0.4) is 0 Å². The number of nitrogens with zero attached hydrogens (tertiary/aromatic N) is 8. The second-order valence-electron chi connectivity index (χ2n) is 37.0. The van der Waals surface area contributed by atoms with E-state index in [0.29, 0.717) is 16.7 Å². The van der Waals surface area contributed by atoms with Gasteiger partial charge in [0, 0.05) is 45.0 Å². The first-order valence-electron chi connectivity index (χ1n) is 49.2. The van der Waals surface area contributed by atoms with E-state index in [4.69, 9.17) is 9.60 Å². The molecule has 9 heteroatoms. The van der Waals surface area contributed by atoms with Crippen LogP contribution in [0.15, 0.2) is 256 Å². The Morgan fingerprint density at radius 3 is 0.939 bits per heavy atom. The van der Waals surface area contributed by atoms with Crippen LogP contribution in [0.2, 0.25) is 0 Å². The summed E-state index contributed by atoms with van der Waals surface area (Å²) in [7, 11) is 12.4. The molecule has 0 bridgehead atoms. The van der Waals surface area contributed by atoms with E-state index >= 15 is 0 Å². The van der Waals surface area contributed by atoms with Crippen molar-refractivity contribution < 1.29 is 41.4 Å². The van der Waals surface area contributed by atoms with Crippen LogP contribution in [-0.2, 0) is 48.7 Å². The molecule has 6 aromatic heterocycles. The number of aryl methyl sites for hydroxylation is 17. The average Bonchev–Trinajstić information content (AvgIpc) is 0.740. The minimum atomic E-state index is -2.38. The summed E-state index contributed by atoms with van der Waals surface area (Å²) in [5.74, 6) is -2.41. The number of rotatable bonds is 10. The number of halogens is 1. The summed E-state index contributed by atoms with van der Waals surface area (Å²) in [6, 6.07) is 75.7. The first-order valence-corrected chi connectivity index (χ1v) is 45.7. The Kier molecular flexibility index (Phi) is 26.6. The van der Waals surface area contributed by atoms with E-state index in [1.165, 1.54) is 168 Å². The number of para-hydroxylation sites is 2. The molecule has 18 aromatic rings. The SMILES string of the molecule is Cc1cc(-c2c3ccccc3nc[n+]2C)c(C)c(C)c1F.Cc1cc(C)c(C)c(-c2c3ccccc3cc[n+]2C)c1.Cc1cc(C)c(C)c(-c2c3ccccc3nc[n+]2C)c1.[2H]C(C)(C)c1ccc2c(-c3cc(C)cc(C)c3C)[n+](C)ccc2c1.[2H]C([2H])([2H])C([2H])(C)c1ccc2c(-c3cc(C)cc(C)c3C)[n+](C)ccc2c1.[2H]C([2H])(c1ccc2c(-c3cc(C)cc(C)c3C)[n+](C)ccc2c1)C(C)C. The standard InChI is InChI=1S/C23H28N.2C22H26N.C19H20N.C18H18FN2.C18H19N2/c1-15(2)11-19-7-8-21-20(14-19)9-10-24(6)23(21)22-13-16(3)12-17(4)18(22)5;2*1-14(2)18-7-8-20-19(13-18)9-10-23(6)22(20)21-12-15(3)11-16(4)17(21)5;1-13-11-14(2)15(3)18(12-13)19-17-8-6-5-7-16(17)9-10-20(19)4;1-11-9-15(12(2)13(3)17(11)19)18-14-7-5-6-8-16(14)20-10-21(18)4;1-12-9-13(2)14(3)16(10-12)18-15-7-5-6-8-17(15)19-11-20(18)4/h7-10,12-15H,11H2,1-6H3;2*7-14H,1-6H3;5-12H,1-4H3;5-10H,1-4H3;5-11H,1-4H3/q6*+1/i11D2;1D3,14D;14D;;;. The van der Waals surface area contributed by atoms with Gasteiger partial charge in [-0.1, -0.05) is 178 Å². The van der Waals surface area contributed by atoms with E-state index in [0.717, 1.165) is 71.6 Å². The summed E-state index contributed by atoms with van der Waals surface area (Å²) in [5, 5.41) is 11.6. The summed E-state index contributed by atoms with van der Waals surface area (Å²) in [6.07, 6.45) is 10.7. The minimum Gasteiger partial charge on any atom is -0.232 e. The van der Waals surface area contributed by atoms with Gasteiger partial charge in [-0.3, -0.25) is 0 Å². The molecule has 0 amide bonds. The molecule has 666 valence electrons. The average molecular weight is 1740 g/mol. The van der Waals surface area contributed by atoms with Crippen molar-refractivity contribution in [3.05, 3.63) is 378 Å². The van der Waals surface area contributed by atoms with Gasteiger partial charge in [0.2, 0.25) is 22.8 Å². The third kappa shape index (κ3) is 20.7. The maximum atomic E-state index is 14.1.